The lowest BCUT2D eigenvalue weighted by Crippen LogP contribution is -2.24. The Kier molecular flexibility index (Phi) is 4.18. The van der Waals surface area contributed by atoms with Gasteiger partial charge in [-0.2, -0.15) is 0 Å². The van der Waals surface area contributed by atoms with Crippen LogP contribution in [0, 0.1) is 0 Å². The van der Waals surface area contributed by atoms with Gasteiger partial charge in [-0.3, -0.25) is 0 Å². The fourth-order valence-electron chi connectivity index (χ4n) is 1.08. The molecule has 0 aliphatic carbocycles. The third-order valence-electron chi connectivity index (χ3n) is 2.28. The first-order valence-corrected chi connectivity index (χ1v) is 5.07. The van der Waals surface area contributed by atoms with Crippen LogP contribution in [-0.4, -0.2) is 25.0 Å². The van der Waals surface area contributed by atoms with Crippen LogP contribution < -0.4 is 0 Å². The summed E-state index contributed by atoms with van der Waals surface area (Å²) < 4.78 is 0. The molecule has 0 aliphatic rings. The molecule has 2 heteroatoms. The second kappa shape index (κ2) is 5.18. The SMILES string of the molecule is CC(/C(Cl)=C/c1ccccc1)N(C)C. The molecule has 1 atom stereocenters. The van der Waals surface area contributed by atoms with Gasteiger partial charge in [0.2, 0.25) is 0 Å². The minimum atomic E-state index is 0.261. The van der Waals surface area contributed by atoms with Crippen LogP contribution in [0.4, 0.5) is 0 Å². The van der Waals surface area contributed by atoms with E-state index in [4.69, 9.17) is 11.6 Å². The molecule has 1 aromatic rings. The summed E-state index contributed by atoms with van der Waals surface area (Å²) in [6.45, 7) is 2.09. The van der Waals surface area contributed by atoms with Gasteiger partial charge in [0.05, 0.1) is 0 Å². The summed E-state index contributed by atoms with van der Waals surface area (Å²) >= 11 is 6.18. The first kappa shape index (κ1) is 11.3. The monoisotopic (exact) mass is 209 g/mol. The quantitative estimate of drug-likeness (QED) is 0.739. The zero-order chi connectivity index (χ0) is 10.6. The number of hydrogen-bond donors (Lipinski definition) is 0. The van der Waals surface area contributed by atoms with Crippen molar-refractivity contribution < 1.29 is 0 Å². The predicted octanol–water partition coefficient (Wildman–Crippen LogP) is 3.22. The summed E-state index contributed by atoms with van der Waals surface area (Å²) in [6.07, 6.45) is 2.01. The Bertz CT molecular complexity index is 303. The molecule has 0 amide bonds. The zero-order valence-electron chi connectivity index (χ0n) is 8.87. The Morgan fingerprint density at radius 1 is 1.29 bits per heavy atom. The lowest BCUT2D eigenvalue weighted by molar-refractivity contribution is 0.360. The predicted molar refractivity (Wildman–Crippen MR) is 63.4 cm³/mol. The average Bonchev–Trinajstić information content (AvgIpc) is 2.18. The number of benzene rings is 1. The van der Waals surface area contributed by atoms with Crippen LogP contribution in [0.15, 0.2) is 35.4 Å². The second-order valence-corrected chi connectivity index (χ2v) is 4.02. The van der Waals surface area contributed by atoms with Crippen molar-refractivity contribution >= 4 is 17.7 Å². The third kappa shape index (κ3) is 3.17. The summed E-state index contributed by atoms with van der Waals surface area (Å²) in [4.78, 5) is 2.09. The highest BCUT2D eigenvalue weighted by Gasteiger charge is 2.07. The van der Waals surface area contributed by atoms with Crippen LogP contribution >= 0.6 is 11.6 Å². The van der Waals surface area contributed by atoms with E-state index in [1.54, 1.807) is 0 Å². The average molecular weight is 210 g/mol. The molecule has 14 heavy (non-hydrogen) atoms. The Labute approximate surface area is 91.0 Å². The maximum Gasteiger partial charge on any atom is 0.0421 e. The number of hydrogen-bond acceptors (Lipinski definition) is 1. The number of likely N-dealkylation sites (N-methyl/N-ethyl adjacent to an activating group) is 1. The molecule has 0 radical (unpaired) electrons. The van der Waals surface area contributed by atoms with Crippen molar-refractivity contribution in [2.45, 2.75) is 13.0 Å². The molecule has 0 bridgehead atoms. The van der Waals surface area contributed by atoms with Gasteiger partial charge in [0.25, 0.3) is 0 Å². The first-order valence-electron chi connectivity index (χ1n) is 4.70. The van der Waals surface area contributed by atoms with Crippen LogP contribution in [0.1, 0.15) is 12.5 Å². The van der Waals surface area contributed by atoms with Crippen molar-refractivity contribution in [3.8, 4) is 0 Å². The molecular formula is C12H16ClN. The lowest BCUT2D eigenvalue weighted by Gasteiger charge is -2.18. The van der Waals surface area contributed by atoms with Crippen molar-refractivity contribution in [1.29, 1.82) is 0 Å². The summed E-state index contributed by atoms with van der Waals surface area (Å²) in [6, 6.07) is 10.4. The van der Waals surface area contributed by atoms with Gasteiger partial charge >= 0.3 is 0 Å². The maximum atomic E-state index is 6.18. The van der Waals surface area contributed by atoms with Crippen LogP contribution in [0.5, 0.6) is 0 Å². The molecule has 1 unspecified atom stereocenters. The summed E-state index contributed by atoms with van der Waals surface area (Å²) in [5.74, 6) is 0. The van der Waals surface area contributed by atoms with Crippen LogP contribution in [0.2, 0.25) is 0 Å². The second-order valence-electron chi connectivity index (χ2n) is 3.58. The minimum absolute atomic E-state index is 0.261. The van der Waals surface area contributed by atoms with Gasteiger partial charge < -0.3 is 4.90 Å². The van der Waals surface area contributed by atoms with E-state index in [1.807, 2.05) is 50.5 Å². The summed E-state index contributed by atoms with van der Waals surface area (Å²) in [5.41, 5.74) is 1.14. The fourth-order valence-corrected chi connectivity index (χ4v) is 1.40. The topological polar surface area (TPSA) is 3.24 Å². The van der Waals surface area contributed by atoms with Crippen LogP contribution in [0.25, 0.3) is 6.08 Å². The highest BCUT2D eigenvalue weighted by molar-refractivity contribution is 6.32. The Balaban J connectivity index is 2.79. The van der Waals surface area contributed by atoms with Crippen molar-refractivity contribution in [1.82, 2.24) is 4.90 Å². The summed E-state index contributed by atoms with van der Waals surface area (Å²) in [5, 5.41) is 0.862. The van der Waals surface area contributed by atoms with Gasteiger partial charge in [-0.25, -0.2) is 0 Å². The molecule has 1 nitrogen and oxygen atoms in total. The fraction of sp³-hybridized carbons (Fsp3) is 0.333. The van der Waals surface area contributed by atoms with Gasteiger partial charge in [-0.1, -0.05) is 41.9 Å². The van der Waals surface area contributed by atoms with Crippen molar-refractivity contribution in [3.05, 3.63) is 40.9 Å². The first-order chi connectivity index (χ1) is 6.61. The molecule has 0 aromatic heterocycles. The molecule has 0 heterocycles. The van der Waals surface area contributed by atoms with E-state index in [-0.39, 0.29) is 6.04 Å². The van der Waals surface area contributed by atoms with E-state index in [2.05, 4.69) is 11.8 Å². The summed E-state index contributed by atoms with van der Waals surface area (Å²) in [7, 11) is 4.04. The largest absolute Gasteiger partial charge is 0.302 e. The van der Waals surface area contributed by atoms with E-state index < -0.39 is 0 Å². The molecule has 1 rings (SSSR count). The van der Waals surface area contributed by atoms with Gasteiger partial charge in [-0.05, 0) is 32.7 Å². The zero-order valence-corrected chi connectivity index (χ0v) is 9.62. The van der Waals surface area contributed by atoms with Crippen LogP contribution in [-0.2, 0) is 0 Å². The molecule has 0 aliphatic heterocycles. The highest BCUT2D eigenvalue weighted by Crippen LogP contribution is 2.16. The molecule has 0 spiro atoms. The number of rotatable bonds is 3. The standard InChI is InChI=1S/C12H16ClN/c1-10(14(2)3)12(13)9-11-7-5-4-6-8-11/h4-10H,1-3H3/b12-9-. The molecule has 0 N–H and O–H groups in total. The van der Waals surface area contributed by atoms with Gasteiger partial charge in [0, 0.05) is 11.1 Å². The number of nitrogens with zero attached hydrogens (tertiary/aromatic N) is 1. The lowest BCUT2D eigenvalue weighted by atomic mass is 10.2. The van der Waals surface area contributed by atoms with E-state index >= 15 is 0 Å². The Morgan fingerprint density at radius 3 is 2.36 bits per heavy atom. The van der Waals surface area contributed by atoms with Crippen molar-refractivity contribution in [2.24, 2.45) is 0 Å². The normalized spacial score (nSPS) is 14.5. The smallest absolute Gasteiger partial charge is 0.0421 e. The Hall–Kier alpha value is -0.790. The van der Waals surface area contributed by atoms with E-state index in [0.717, 1.165) is 10.6 Å². The van der Waals surface area contributed by atoms with Crippen molar-refractivity contribution in [3.63, 3.8) is 0 Å². The molecule has 76 valence electrons. The van der Waals surface area contributed by atoms with E-state index in [0.29, 0.717) is 0 Å². The molecule has 0 saturated carbocycles. The van der Waals surface area contributed by atoms with Gasteiger partial charge in [0.15, 0.2) is 0 Å². The maximum absolute atomic E-state index is 6.18. The number of halogens is 1. The molecule has 0 saturated heterocycles. The van der Waals surface area contributed by atoms with E-state index in [9.17, 15) is 0 Å². The molecular weight excluding hydrogens is 194 g/mol. The van der Waals surface area contributed by atoms with E-state index in [1.165, 1.54) is 0 Å². The molecule has 1 aromatic carbocycles. The van der Waals surface area contributed by atoms with Crippen molar-refractivity contribution in [2.75, 3.05) is 14.1 Å². The molecule has 0 fully saturated rings. The Morgan fingerprint density at radius 2 is 1.86 bits per heavy atom. The minimum Gasteiger partial charge on any atom is -0.302 e. The van der Waals surface area contributed by atoms with Gasteiger partial charge in [-0.15, -0.1) is 0 Å². The van der Waals surface area contributed by atoms with Crippen LogP contribution in [0.3, 0.4) is 0 Å². The third-order valence-corrected chi connectivity index (χ3v) is 2.70. The highest BCUT2D eigenvalue weighted by atomic mass is 35.5. The van der Waals surface area contributed by atoms with Gasteiger partial charge in [0.1, 0.15) is 0 Å².